The molecule has 0 aliphatic heterocycles. The molecule has 0 radical (unpaired) electrons. The van der Waals surface area contributed by atoms with Crippen molar-refractivity contribution in [2.24, 2.45) is 0 Å². The van der Waals surface area contributed by atoms with Crippen molar-refractivity contribution >= 4 is 21.5 Å². The zero-order chi connectivity index (χ0) is 26.2. The van der Waals surface area contributed by atoms with Gasteiger partial charge in [0.25, 0.3) is 0 Å². The summed E-state index contributed by atoms with van der Waals surface area (Å²) >= 11 is 0. The SMILES string of the molecule is CC#CC#CCc1c(CC#CC#CC)c(-c2ccccc2)c2cc3ccccc3cc2c1-c1ccccc1. The van der Waals surface area contributed by atoms with Gasteiger partial charge in [-0.15, -0.1) is 0 Å². The normalized spacial score (nSPS) is 9.74. The lowest BCUT2D eigenvalue weighted by Crippen LogP contribution is -2.03. The molecule has 5 rings (SSSR count). The first-order chi connectivity index (χ1) is 18.8. The van der Waals surface area contributed by atoms with Gasteiger partial charge in [-0.25, -0.2) is 0 Å². The van der Waals surface area contributed by atoms with Gasteiger partial charge < -0.3 is 0 Å². The quantitative estimate of drug-likeness (QED) is 0.178. The van der Waals surface area contributed by atoms with Gasteiger partial charge in [-0.2, -0.15) is 0 Å². The van der Waals surface area contributed by atoms with Crippen molar-refractivity contribution in [3.8, 4) is 69.6 Å². The number of fused-ring (bicyclic) bond motifs is 2. The van der Waals surface area contributed by atoms with E-state index >= 15 is 0 Å². The third kappa shape index (κ3) is 5.04. The van der Waals surface area contributed by atoms with Crippen LogP contribution in [-0.4, -0.2) is 0 Å². The van der Waals surface area contributed by atoms with Crippen LogP contribution in [0.25, 0.3) is 43.8 Å². The highest BCUT2D eigenvalue weighted by Gasteiger charge is 2.21. The topological polar surface area (TPSA) is 0 Å². The average Bonchev–Trinajstić information content (AvgIpc) is 2.97. The second kappa shape index (κ2) is 11.7. The fraction of sp³-hybridized carbons (Fsp3) is 0.105. The zero-order valence-corrected chi connectivity index (χ0v) is 21.7. The van der Waals surface area contributed by atoms with Crippen molar-refractivity contribution < 1.29 is 0 Å². The number of hydrogen-bond acceptors (Lipinski definition) is 0. The first kappa shape index (κ1) is 24.5. The van der Waals surface area contributed by atoms with Crippen molar-refractivity contribution in [1.82, 2.24) is 0 Å². The van der Waals surface area contributed by atoms with Gasteiger partial charge in [0.05, 0.1) is 0 Å². The standard InChI is InChI=1S/C38H26/c1-3-5-7-15-25-33-34(26-16-8-6-4-2)38(30-21-13-10-14-22-30)36-28-32-24-18-17-23-31(32)27-35(36)37(33)29-19-11-9-12-20-29/h9-14,17-24,27-28H,25-26H2,1-2H3. The van der Waals surface area contributed by atoms with E-state index in [4.69, 9.17) is 0 Å². The monoisotopic (exact) mass is 482 g/mol. The molecule has 0 N–H and O–H groups in total. The predicted molar refractivity (Wildman–Crippen MR) is 162 cm³/mol. The molecular weight excluding hydrogens is 456 g/mol. The molecule has 0 fully saturated rings. The summed E-state index contributed by atoms with van der Waals surface area (Å²) in [6.45, 7) is 3.63. The molecule has 0 amide bonds. The van der Waals surface area contributed by atoms with Crippen LogP contribution < -0.4 is 0 Å². The van der Waals surface area contributed by atoms with Crippen molar-refractivity contribution in [3.63, 3.8) is 0 Å². The highest BCUT2D eigenvalue weighted by atomic mass is 14.2. The Morgan fingerprint density at radius 3 is 1.26 bits per heavy atom. The lowest BCUT2D eigenvalue weighted by Gasteiger charge is -2.22. The van der Waals surface area contributed by atoms with Crippen molar-refractivity contribution in [2.75, 3.05) is 0 Å². The summed E-state index contributed by atoms with van der Waals surface area (Å²) in [6, 6.07) is 34.5. The van der Waals surface area contributed by atoms with Crippen LogP contribution in [0.4, 0.5) is 0 Å². The number of hydrogen-bond donors (Lipinski definition) is 0. The predicted octanol–water partition coefficient (Wildman–Crippen LogP) is 8.47. The molecular formula is C38H26. The Bertz CT molecular complexity index is 1740. The number of rotatable bonds is 4. The van der Waals surface area contributed by atoms with Crippen molar-refractivity contribution in [3.05, 3.63) is 108 Å². The zero-order valence-electron chi connectivity index (χ0n) is 21.7. The summed E-state index contributed by atoms with van der Waals surface area (Å²) in [5.41, 5.74) is 7.16. The average molecular weight is 483 g/mol. The van der Waals surface area contributed by atoms with Gasteiger partial charge in [0, 0.05) is 12.8 Å². The fourth-order valence-corrected chi connectivity index (χ4v) is 5.02. The lowest BCUT2D eigenvalue weighted by molar-refractivity contribution is 1.21. The molecule has 5 aromatic rings. The molecule has 0 heterocycles. The Kier molecular flexibility index (Phi) is 7.58. The van der Waals surface area contributed by atoms with Crippen LogP contribution in [0.1, 0.15) is 25.0 Å². The molecule has 0 saturated carbocycles. The Morgan fingerprint density at radius 1 is 0.474 bits per heavy atom. The second-order valence-electron chi connectivity index (χ2n) is 8.89. The minimum Gasteiger partial charge on any atom is -0.0925 e. The van der Waals surface area contributed by atoms with Crippen LogP contribution in [0, 0.1) is 47.4 Å². The van der Waals surface area contributed by atoms with Crippen molar-refractivity contribution in [1.29, 1.82) is 0 Å². The van der Waals surface area contributed by atoms with E-state index in [9.17, 15) is 0 Å². The van der Waals surface area contributed by atoms with Gasteiger partial charge in [-0.05, 0) is 105 Å². The molecule has 38 heavy (non-hydrogen) atoms. The summed E-state index contributed by atoms with van der Waals surface area (Å²) in [5, 5.41) is 4.88. The van der Waals surface area contributed by atoms with Crippen LogP contribution in [0.2, 0.25) is 0 Å². The largest absolute Gasteiger partial charge is 0.0925 e. The molecule has 0 bridgehead atoms. The van der Waals surface area contributed by atoms with Crippen LogP contribution in [-0.2, 0) is 12.8 Å². The Morgan fingerprint density at radius 2 is 0.868 bits per heavy atom. The molecule has 0 atom stereocenters. The maximum atomic E-state index is 3.34. The highest BCUT2D eigenvalue weighted by molar-refractivity contribution is 6.13. The summed E-state index contributed by atoms with van der Waals surface area (Å²) in [4.78, 5) is 0. The van der Waals surface area contributed by atoms with E-state index in [1.807, 2.05) is 13.8 Å². The maximum Gasteiger partial charge on any atom is 0.0360 e. The number of benzene rings is 5. The van der Waals surface area contributed by atoms with Crippen LogP contribution >= 0.6 is 0 Å². The fourth-order valence-electron chi connectivity index (χ4n) is 5.02. The molecule has 178 valence electrons. The first-order valence-electron chi connectivity index (χ1n) is 12.7. The summed E-state index contributed by atoms with van der Waals surface area (Å²) in [5.74, 6) is 24.3. The Hall–Kier alpha value is -5.14. The molecule has 0 aliphatic rings. The van der Waals surface area contributed by atoms with E-state index in [1.165, 1.54) is 54.9 Å². The Balaban J connectivity index is 1.99. The summed E-state index contributed by atoms with van der Waals surface area (Å²) in [6.07, 6.45) is 1.16. The van der Waals surface area contributed by atoms with Gasteiger partial charge >= 0.3 is 0 Å². The molecule has 5 aromatic carbocycles. The third-order valence-electron chi connectivity index (χ3n) is 6.60. The molecule has 0 spiro atoms. The summed E-state index contributed by atoms with van der Waals surface area (Å²) in [7, 11) is 0. The maximum absolute atomic E-state index is 3.34. The van der Waals surface area contributed by atoms with E-state index in [-0.39, 0.29) is 0 Å². The Labute approximate surface area is 225 Å². The van der Waals surface area contributed by atoms with Crippen LogP contribution in [0.15, 0.2) is 97.1 Å². The lowest BCUT2D eigenvalue weighted by atomic mass is 9.81. The molecule has 0 saturated heterocycles. The smallest absolute Gasteiger partial charge is 0.0360 e. The van der Waals surface area contributed by atoms with Crippen LogP contribution in [0.3, 0.4) is 0 Å². The van der Waals surface area contributed by atoms with E-state index in [0.717, 1.165) is 0 Å². The van der Waals surface area contributed by atoms with E-state index in [2.05, 4.69) is 144 Å². The van der Waals surface area contributed by atoms with Gasteiger partial charge in [0.2, 0.25) is 0 Å². The second-order valence-corrected chi connectivity index (χ2v) is 8.89. The molecule has 0 unspecified atom stereocenters. The van der Waals surface area contributed by atoms with E-state index < -0.39 is 0 Å². The highest BCUT2D eigenvalue weighted by Crippen LogP contribution is 2.44. The third-order valence-corrected chi connectivity index (χ3v) is 6.60. The summed E-state index contributed by atoms with van der Waals surface area (Å²) < 4.78 is 0. The minimum atomic E-state index is 0.581. The molecule has 0 heteroatoms. The molecule has 0 aromatic heterocycles. The van der Waals surface area contributed by atoms with Gasteiger partial charge in [-0.3, -0.25) is 0 Å². The van der Waals surface area contributed by atoms with Crippen molar-refractivity contribution in [2.45, 2.75) is 26.7 Å². The van der Waals surface area contributed by atoms with E-state index in [0.29, 0.717) is 12.8 Å². The van der Waals surface area contributed by atoms with Crippen LogP contribution in [0.5, 0.6) is 0 Å². The van der Waals surface area contributed by atoms with Gasteiger partial charge in [-0.1, -0.05) is 109 Å². The first-order valence-corrected chi connectivity index (χ1v) is 12.7. The minimum absolute atomic E-state index is 0.581. The van der Waals surface area contributed by atoms with Gasteiger partial charge in [0.1, 0.15) is 0 Å². The van der Waals surface area contributed by atoms with Gasteiger partial charge in [0.15, 0.2) is 0 Å². The molecule has 0 aliphatic carbocycles. The molecule has 0 nitrogen and oxygen atoms in total. The van der Waals surface area contributed by atoms with E-state index in [1.54, 1.807) is 0 Å².